The van der Waals surface area contributed by atoms with Crippen molar-refractivity contribution in [2.75, 3.05) is 6.54 Å². The molecule has 11 heavy (non-hydrogen) atoms. The van der Waals surface area contributed by atoms with Crippen molar-refractivity contribution < 1.29 is 0 Å². The van der Waals surface area contributed by atoms with Gasteiger partial charge in [0.2, 0.25) is 0 Å². The van der Waals surface area contributed by atoms with E-state index in [1.165, 1.54) is 11.3 Å². The van der Waals surface area contributed by atoms with Crippen LogP contribution in [0.15, 0.2) is 6.08 Å². The zero-order valence-corrected chi connectivity index (χ0v) is 7.88. The molecule has 0 aliphatic carbocycles. The van der Waals surface area contributed by atoms with Gasteiger partial charge in [0, 0.05) is 6.54 Å². The predicted octanol–water partition coefficient (Wildman–Crippen LogP) is 2.42. The second kappa shape index (κ2) is 4.07. The first kappa shape index (κ1) is 9.00. The van der Waals surface area contributed by atoms with E-state index < -0.39 is 0 Å². The average Bonchev–Trinajstić information content (AvgIpc) is 2.26. The molecule has 1 aromatic heterocycles. The lowest BCUT2D eigenvalue weighted by molar-refractivity contribution is 1.26. The third-order valence-corrected chi connectivity index (χ3v) is 2.51. The molecule has 0 aliphatic rings. The highest BCUT2D eigenvalue weighted by Crippen LogP contribution is 2.27. The van der Waals surface area contributed by atoms with E-state index in [-0.39, 0.29) is 0 Å². The van der Waals surface area contributed by atoms with Gasteiger partial charge in [-0.05, 0) is 6.08 Å². The van der Waals surface area contributed by atoms with E-state index in [1.54, 1.807) is 6.08 Å². The zero-order chi connectivity index (χ0) is 8.27. The Balaban J connectivity index is 2.85. The summed E-state index contributed by atoms with van der Waals surface area (Å²) in [5.41, 5.74) is 5.25. The molecule has 0 amide bonds. The maximum Gasteiger partial charge on any atom is 0.185 e. The lowest BCUT2D eigenvalue weighted by atomic mass is 10.4. The van der Waals surface area contributed by atoms with Gasteiger partial charge in [-0.2, -0.15) is 0 Å². The van der Waals surface area contributed by atoms with Crippen LogP contribution in [0.5, 0.6) is 0 Å². The topological polar surface area (TPSA) is 38.9 Å². The fourth-order valence-electron chi connectivity index (χ4n) is 0.566. The molecule has 60 valence electrons. The highest BCUT2D eigenvalue weighted by Gasteiger charge is 2.02. The number of nitrogens with two attached hydrogens (primary N) is 1. The fraction of sp³-hybridized carbons (Fsp3) is 0.167. The van der Waals surface area contributed by atoms with E-state index in [2.05, 4.69) is 4.98 Å². The number of hydrogen-bond acceptors (Lipinski definition) is 3. The Kier molecular flexibility index (Phi) is 3.33. The van der Waals surface area contributed by atoms with Gasteiger partial charge in [0.25, 0.3) is 0 Å². The lowest BCUT2D eigenvalue weighted by Crippen LogP contribution is -1.91. The van der Waals surface area contributed by atoms with Gasteiger partial charge in [-0.3, -0.25) is 0 Å². The van der Waals surface area contributed by atoms with Crippen LogP contribution in [0.2, 0.25) is 9.62 Å². The molecule has 0 bridgehead atoms. The first-order valence-corrected chi connectivity index (χ1v) is 4.49. The molecule has 0 spiro atoms. The summed E-state index contributed by atoms with van der Waals surface area (Å²) >= 11 is 12.6. The average molecular weight is 209 g/mol. The van der Waals surface area contributed by atoms with E-state index in [0.29, 0.717) is 16.2 Å². The Labute approximate surface area is 78.6 Å². The van der Waals surface area contributed by atoms with Crippen molar-refractivity contribution in [2.45, 2.75) is 0 Å². The number of halogens is 2. The quantitative estimate of drug-likeness (QED) is 0.812. The summed E-state index contributed by atoms with van der Waals surface area (Å²) in [6, 6.07) is 0. The van der Waals surface area contributed by atoms with E-state index in [4.69, 9.17) is 28.9 Å². The molecular formula is C6H6Cl2N2S. The summed E-state index contributed by atoms with van der Waals surface area (Å²) in [6.45, 7) is 0.492. The Morgan fingerprint density at radius 1 is 1.55 bits per heavy atom. The zero-order valence-electron chi connectivity index (χ0n) is 5.55. The first-order chi connectivity index (χ1) is 5.24. The summed E-state index contributed by atoms with van der Waals surface area (Å²) < 4.78 is 0.451. The molecule has 1 rings (SSSR count). The fourth-order valence-corrected chi connectivity index (χ4v) is 1.87. The lowest BCUT2D eigenvalue weighted by Gasteiger charge is -1.82. The normalized spacial score (nSPS) is 11.2. The molecule has 0 atom stereocenters. The summed E-state index contributed by atoms with van der Waals surface area (Å²) in [4.78, 5) is 4.67. The van der Waals surface area contributed by atoms with Crippen molar-refractivity contribution in [2.24, 2.45) is 5.73 Å². The van der Waals surface area contributed by atoms with E-state index in [1.807, 2.05) is 6.08 Å². The molecule has 0 saturated carbocycles. The minimum Gasteiger partial charge on any atom is -0.327 e. The van der Waals surface area contributed by atoms with Crippen LogP contribution in [0.25, 0.3) is 6.08 Å². The molecule has 1 aromatic rings. The van der Waals surface area contributed by atoms with Crippen LogP contribution in [-0.2, 0) is 0 Å². The Hall–Kier alpha value is -0.0900. The maximum atomic E-state index is 5.70. The van der Waals surface area contributed by atoms with Gasteiger partial charge >= 0.3 is 0 Å². The standard InChI is InChI=1S/C6H6Cl2N2S/c7-5-4(2-1-3-9)11-6(8)10-5/h1-2H,3,9H2. The molecule has 2 N–H and O–H groups in total. The van der Waals surface area contributed by atoms with E-state index >= 15 is 0 Å². The van der Waals surface area contributed by atoms with Crippen LogP contribution in [0.3, 0.4) is 0 Å². The van der Waals surface area contributed by atoms with Gasteiger partial charge in [0.1, 0.15) is 5.15 Å². The molecule has 0 aromatic carbocycles. The second-order valence-electron chi connectivity index (χ2n) is 1.76. The third-order valence-electron chi connectivity index (χ3n) is 0.989. The van der Waals surface area contributed by atoms with Gasteiger partial charge < -0.3 is 5.73 Å². The smallest absolute Gasteiger partial charge is 0.185 e. The molecule has 0 unspecified atom stereocenters. The van der Waals surface area contributed by atoms with Gasteiger partial charge in [-0.15, -0.1) is 11.3 Å². The van der Waals surface area contributed by atoms with Crippen LogP contribution in [-0.4, -0.2) is 11.5 Å². The molecule has 5 heteroatoms. The summed E-state index contributed by atoms with van der Waals surface area (Å²) in [7, 11) is 0. The van der Waals surface area contributed by atoms with Crippen LogP contribution in [0.1, 0.15) is 4.88 Å². The molecule has 2 nitrogen and oxygen atoms in total. The van der Waals surface area contributed by atoms with Gasteiger partial charge in [-0.25, -0.2) is 4.98 Å². The monoisotopic (exact) mass is 208 g/mol. The second-order valence-corrected chi connectivity index (χ2v) is 3.73. The maximum absolute atomic E-state index is 5.70. The summed E-state index contributed by atoms with van der Waals surface area (Å²) in [5, 5.41) is 0.435. The largest absolute Gasteiger partial charge is 0.327 e. The van der Waals surface area contributed by atoms with Crippen molar-refractivity contribution >= 4 is 40.6 Å². The van der Waals surface area contributed by atoms with Gasteiger partial charge in [0.05, 0.1) is 4.88 Å². The Morgan fingerprint density at radius 3 is 2.73 bits per heavy atom. The number of thiazole rings is 1. The molecule has 0 saturated heterocycles. The van der Waals surface area contributed by atoms with Crippen LogP contribution >= 0.6 is 34.5 Å². The molecule has 0 radical (unpaired) electrons. The molecule has 0 fully saturated rings. The number of aromatic nitrogens is 1. The van der Waals surface area contributed by atoms with Crippen LogP contribution in [0.4, 0.5) is 0 Å². The predicted molar refractivity (Wildman–Crippen MR) is 50.2 cm³/mol. The summed E-state index contributed by atoms with van der Waals surface area (Å²) in [5.74, 6) is 0. The van der Waals surface area contributed by atoms with Crippen LogP contribution in [0, 0.1) is 0 Å². The van der Waals surface area contributed by atoms with E-state index in [9.17, 15) is 0 Å². The Morgan fingerprint density at radius 2 is 2.27 bits per heavy atom. The summed E-state index contributed by atoms with van der Waals surface area (Å²) in [6.07, 6.45) is 3.61. The van der Waals surface area contributed by atoms with Crippen molar-refractivity contribution in [1.29, 1.82) is 0 Å². The molecule has 0 aliphatic heterocycles. The number of rotatable bonds is 2. The van der Waals surface area contributed by atoms with Crippen molar-refractivity contribution in [3.63, 3.8) is 0 Å². The minimum atomic E-state index is 0.435. The van der Waals surface area contributed by atoms with Crippen LogP contribution < -0.4 is 5.73 Å². The molecular weight excluding hydrogens is 203 g/mol. The van der Waals surface area contributed by atoms with Crippen molar-refractivity contribution in [3.8, 4) is 0 Å². The number of nitrogens with zero attached hydrogens (tertiary/aromatic N) is 1. The molecule has 1 heterocycles. The number of hydrogen-bond donors (Lipinski definition) is 1. The first-order valence-electron chi connectivity index (χ1n) is 2.92. The SMILES string of the molecule is NCC=Cc1sc(Cl)nc1Cl. The third kappa shape index (κ3) is 2.45. The van der Waals surface area contributed by atoms with Gasteiger partial charge in [0.15, 0.2) is 4.47 Å². The van der Waals surface area contributed by atoms with E-state index in [0.717, 1.165) is 4.88 Å². The van der Waals surface area contributed by atoms with Crippen molar-refractivity contribution in [3.05, 3.63) is 20.6 Å². The minimum absolute atomic E-state index is 0.435. The Bertz CT molecular complexity index is 270. The highest BCUT2D eigenvalue weighted by molar-refractivity contribution is 7.17. The van der Waals surface area contributed by atoms with Crippen molar-refractivity contribution in [1.82, 2.24) is 4.98 Å². The highest BCUT2D eigenvalue weighted by atomic mass is 35.5. The van der Waals surface area contributed by atoms with Gasteiger partial charge in [-0.1, -0.05) is 29.3 Å².